The number of fused-ring (bicyclic) bond motifs is 1. The summed E-state index contributed by atoms with van der Waals surface area (Å²) in [6.07, 6.45) is 0. The quantitative estimate of drug-likeness (QED) is 0.387. The monoisotopic (exact) mass is 469 g/mol. The summed E-state index contributed by atoms with van der Waals surface area (Å²) in [5, 5.41) is 2.92. The molecule has 0 bridgehead atoms. The van der Waals surface area contributed by atoms with Crippen LogP contribution in [0, 0.1) is 0 Å². The molecule has 2 amide bonds. The number of rotatable bonds is 6. The lowest BCUT2D eigenvalue weighted by atomic mass is 10.1. The van der Waals surface area contributed by atoms with E-state index in [0.29, 0.717) is 18.0 Å². The maximum atomic E-state index is 13.2. The van der Waals surface area contributed by atoms with E-state index in [0.717, 1.165) is 27.5 Å². The Labute approximate surface area is 202 Å². The molecule has 2 heterocycles. The minimum atomic E-state index is -0.245. The Balaban J connectivity index is 1.44. The third kappa shape index (κ3) is 4.30. The highest BCUT2D eigenvalue weighted by molar-refractivity contribution is 7.13. The van der Waals surface area contributed by atoms with Crippen LogP contribution in [-0.4, -0.2) is 36.5 Å². The average molecular weight is 470 g/mol. The van der Waals surface area contributed by atoms with Crippen LogP contribution >= 0.6 is 11.3 Å². The van der Waals surface area contributed by atoms with Crippen LogP contribution in [0.15, 0.2) is 84.2 Å². The smallest absolute Gasteiger partial charge is 0.265 e. The van der Waals surface area contributed by atoms with Gasteiger partial charge in [-0.05, 0) is 37.3 Å². The van der Waals surface area contributed by atoms with Crippen LogP contribution in [0.1, 0.15) is 6.92 Å². The lowest BCUT2D eigenvalue weighted by Gasteiger charge is -2.31. The Morgan fingerprint density at radius 1 is 1.03 bits per heavy atom. The molecule has 4 aromatic rings. The first-order valence-electron chi connectivity index (χ1n) is 11.1. The lowest BCUT2D eigenvalue weighted by Crippen LogP contribution is -2.46. The van der Waals surface area contributed by atoms with Crippen molar-refractivity contribution in [1.29, 1.82) is 0 Å². The number of hydrogen-bond donors (Lipinski definition) is 0. The van der Waals surface area contributed by atoms with Gasteiger partial charge in [0.15, 0.2) is 6.61 Å². The van der Waals surface area contributed by atoms with Gasteiger partial charge in [-0.2, -0.15) is 0 Å². The predicted molar refractivity (Wildman–Crippen MR) is 135 cm³/mol. The first kappa shape index (κ1) is 21.9. The van der Waals surface area contributed by atoms with Gasteiger partial charge in [0.2, 0.25) is 5.91 Å². The average Bonchev–Trinajstić information content (AvgIpc) is 3.38. The number of nitrogens with zero attached hydrogens (tertiary/aromatic N) is 3. The van der Waals surface area contributed by atoms with Gasteiger partial charge in [-0.1, -0.05) is 48.5 Å². The Kier molecular flexibility index (Phi) is 6.10. The number of para-hydroxylation sites is 1. The van der Waals surface area contributed by atoms with Gasteiger partial charge >= 0.3 is 0 Å². The van der Waals surface area contributed by atoms with Crippen molar-refractivity contribution in [3.63, 3.8) is 0 Å². The zero-order valence-corrected chi connectivity index (χ0v) is 19.5. The molecule has 7 heteroatoms. The molecule has 170 valence electrons. The molecule has 1 aromatic heterocycles. The fourth-order valence-electron chi connectivity index (χ4n) is 3.99. The van der Waals surface area contributed by atoms with Gasteiger partial charge in [-0.25, -0.2) is 4.98 Å². The van der Waals surface area contributed by atoms with Gasteiger partial charge in [-0.15, -0.1) is 11.3 Å². The third-order valence-electron chi connectivity index (χ3n) is 5.70. The first-order valence-corrected chi connectivity index (χ1v) is 12.0. The molecule has 5 rings (SSSR count). The molecule has 3 aromatic carbocycles. The molecule has 0 radical (unpaired) electrons. The van der Waals surface area contributed by atoms with E-state index in [4.69, 9.17) is 9.72 Å². The SMILES string of the molecule is CCN(C(=O)CN1C(=O)COc2ccc(-c3csc(-c4ccccc4)n3)cc21)c1ccccc1. The Morgan fingerprint density at radius 3 is 2.50 bits per heavy atom. The van der Waals surface area contributed by atoms with Crippen molar-refractivity contribution in [1.82, 2.24) is 4.98 Å². The summed E-state index contributed by atoms with van der Waals surface area (Å²) in [5.74, 6) is 0.183. The Bertz CT molecular complexity index is 1320. The first-order chi connectivity index (χ1) is 16.6. The van der Waals surface area contributed by atoms with E-state index in [-0.39, 0.29) is 25.0 Å². The van der Waals surface area contributed by atoms with E-state index in [2.05, 4.69) is 0 Å². The predicted octanol–water partition coefficient (Wildman–Crippen LogP) is 5.26. The second-order valence-electron chi connectivity index (χ2n) is 7.83. The minimum absolute atomic E-state index is 0.0618. The molecule has 1 aliphatic heterocycles. The molecule has 34 heavy (non-hydrogen) atoms. The molecule has 1 aliphatic rings. The molecule has 0 atom stereocenters. The lowest BCUT2D eigenvalue weighted by molar-refractivity contribution is -0.124. The van der Waals surface area contributed by atoms with Crippen molar-refractivity contribution in [2.75, 3.05) is 29.5 Å². The standard InChI is InChI=1S/C27H23N3O3S/c1-2-29(21-11-7-4-8-12-21)25(31)16-30-23-15-20(13-14-24(23)33-17-26(30)32)22-18-34-27(28-22)19-9-5-3-6-10-19/h3-15,18H,2,16-17H2,1H3. The van der Waals surface area contributed by atoms with Gasteiger partial charge in [-0.3, -0.25) is 14.5 Å². The minimum Gasteiger partial charge on any atom is -0.482 e. The number of thiazole rings is 1. The van der Waals surface area contributed by atoms with Crippen LogP contribution in [0.3, 0.4) is 0 Å². The second-order valence-corrected chi connectivity index (χ2v) is 8.69. The number of amides is 2. The summed E-state index contributed by atoms with van der Waals surface area (Å²) < 4.78 is 5.65. The summed E-state index contributed by atoms with van der Waals surface area (Å²) in [4.78, 5) is 34.0. The number of likely N-dealkylation sites (N-methyl/N-ethyl adjacent to an activating group) is 1. The molecule has 0 aliphatic carbocycles. The summed E-state index contributed by atoms with van der Waals surface area (Å²) in [5.41, 5.74) is 4.13. The van der Waals surface area contributed by atoms with Crippen LogP contribution in [0.4, 0.5) is 11.4 Å². The molecule has 0 fully saturated rings. The topological polar surface area (TPSA) is 62.7 Å². The summed E-state index contributed by atoms with van der Waals surface area (Å²) >= 11 is 1.57. The van der Waals surface area contributed by atoms with E-state index >= 15 is 0 Å². The van der Waals surface area contributed by atoms with E-state index in [1.54, 1.807) is 16.2 Å². The number of carbonyl (C=O) groups excluding carboxylic acids is 2. The zero-order chi connectivity index (χ0) is 23.5. The molecule has 0 N–H and O–H groups in total. The Hall–Kier alpha value is -3.97. The van der Waals surface area contributed by atoms with Crippen LogP contribution in [0.2, 0.25) is 0 Å². The summed E-state index contributed by atoms with van der Waals surface area (Å²) in [7, 11) is 0. The van der Waals surface area contributed by atoms with E-state index in [1.165, 1.54) is 4.90 Å². The maximum absolute atomic E-state index is 13.2. The largest absolute Gasteiger partial charge is 0.482 e. The maximum Gasteiger partial charge on any atom is 0.265 e. The van der Waals surface area contributed by atoms with Crippen LogP contribution in [0.5, 0.6) is 5.75 Å². The summed E-state index contributed by atoms with van der Waals surface area (Å²) in [6.45, 7) is 2.28. The number of benzene rings is 3. The number of aromatic nitrogens is 1. The second kappa shape index (κ2) is 9.49. The van der Waals surface area contributed by atoms with Crippen LogP contribution < -0.4 is 14.5 Å². The van der Waals surface area contributed by atoms with Crippen molar-refractivity contribution in [3.05, 3.63) is 84.2 Å². The third-order valence-corrected chi connectivity index (χ3v) is 6.59. The Morgan fingerprint density at radius 2 is 1.76 bits per heavy atom. The van der Waals surface area contributed by atoms with Gasteiger partial charge in [0.05, 0.1) is 11.4 Å². The van der Waals surface area contributed by atoms with E-state index in [9.17, 15) is 9.59 Å². The molecule has 0 unspecified atom stereocenters. The van der Waals surface area contributed by atoms with Gasteiger partial charge in [0, 0.05) is 28.7 Å². The number of ether oxygens (including phenoxy) is 1. The zero-order valence-electron chi connectivity index (χ0n) is 18.7. The van der Waals surface area contributed by atoms with Crippen molar-refractivity contribution < 1.29 is 14.3 Å². The van der Waals surface area contributed by atoms with Crippen molar-refractivity contribution in [2.45, 2.75) is 6.92 Å². The highest BCUT2D eigenvalue weighted by Crippen LogP contribution is 2.37. The molecule has 0 saturated heterocycles. The fraction of sp³-hybridized carbons (Fsp3) is 0.148. The van der Waals surface area contributed by atoms with E-state index < -0.39 is 0 Å². The van der Waals surface area contributed by atoms with Crippen LogP contribution in [-0.2, 0) is 9.59 Å². The molecule has 0 saturated carbocycles. The normalized spacial score (nSPS) is 12.7. The van der Waals surface area contributed by atoms with E-state index in [1.807, 2.05) is 91.2 Å². The van der Waals surface area contributed by atoms with Crippen molar-refractivity contribution in [2.24, 2.45) is 0 Å². The van der Waals surface area contributed by atoms with Crippen LogP contribution in [0.25, 0.3) is 21.8 Å². The number of hydrogen-bond acceptors (Lipinski definition) is 5. The van der Waals surface area contributed by atoms with Gasteiger partial charge in [0.1, 0.15) is 17.3 Å². The number of carbonyl (C=O) groups is 2. The molecular weight excluding hydrogens is 446 g/mol. The fourth-order valence-corrected chi connectivity index (χ4v) is 4.82. The highest BCUT2D eigenvalue weighted by Gasteiger charge is 2.29. The molecular formula is C27H23N3O3S. The van der Waals surface area contributed by atoms with Gasteiger partial charge < -0.3 is 9.64 Å². The number of anilines is 2. The van der Waals surface area contributed by atoms with Gasteiger partial charge in [0.25, 0.3) is 5.91 Å². The highest BCUT2D eigenvalue weighted by atomic mass is 32.1. The summed E-state index contributed by atoms with van der Waals surface area (Å²) in [6, 6.07) is 25.1. The molecule has 0 spiro atoms. The van der Waals surface area contributed by atoms with Crippen molar-refractivity contribution >= 4 is 34.5 Å². The molecule has 6 nitrogen and oxygen atoms in total. The van der Waals surface area contributed by atoms with Crippen molar-refractivity contribution in [3.8, 4) is 27.6 Å².